The average molecular weight is 323 g/mol. The molecular weight excluding hydrogens is 298 g/mol. The Morgan fingerprint density at radius 1 is 1.04 bits per heavy atom. The fourth-order valence-electron chi connectivity index (χ4n) is 3.18. The van der Waals surface area contributed by atoms with Gasteiger partial charge in [0.2, 0.25) is 5.91 Å². The summed E-state index contributed by atoms with van der Waals surface area (Å²) in [6, 6.07) is 18.6. The molecule has 0 aliphatic carbocycles. The number of carbonyl (C=O) groups is 1. The van der Waals surface area contributed by atoms with Gasteiger partial charge in [-0.3, -0.25) is 4.79 Å². The highest BCUT2D eigenvalue weighted by Gasteiger charge is 2.26. The number of rotatable bonds is 4. The Kier molecular flexibility index (Phi) is 5.16. The molecule has 2 aromatic rings. The number of hydrogen-bond donors (Lipinski definition) is 1. The molecule has 0 saturated heterocycles. The Balaban J connectivity index is 1.92. The van der Waals surface area contributed by atoms with E-state index in [4.69, 9.17) is 5.73 Å². The van der Waals surface area contributed by atoms with Crippen LogP contribution in [-0.4, -0.2) is 25.5 Å². The highest BCUT2D eigenvalue weighted by molar-refractivity contribution is 5.98. The second-order valence-corrected chi connectivity index (χ2v) is 6.38. The number of fused-ring (bicyclic) bond motifs is 1. The number of carbonyl (C=O) groups excluding carboxylic acids is 1. The summed E-state index contributed by atoms with van der Waals surface area (Å²) in [6.45, 7) is 4.81. The van der Waals surface area contributed by atoms with Gasteiger partial charge < -0.3 is 15.5 Å². The lowest BCUT2D eigenvalue weighted by atomic mass is 10.1. The molecule has 4 heteroatoms. The first kappa shape index (κ1) is 16.5. The molecule has 3 rings (SSSR count). The van der Waals surface area contributed by atoms with E-state index in [0.29, 0.717) is 6.54 Å². The fourth-order valence-corrected chi connectivity index (χ4v) is 3.18. The van der Waals surface area contributed by atoms with Crippen molar-refractivity contribution in [3.63, 3.8) is 0 Å². The van der Waals surface area contributed by atoms with Crippen LogP contribution in [0.5, 0.6) is 0 Å². The summed E-state index contributed by atoms with van der Waals surface area (Å²) in [7, 11) is 0. The lowest BCUT2D eigenvalue weighted by molar-refractivity contribution is -0.121. The van der Waals surface area contributed by atoms with Gasteiger partial charge in [-0.25, -0.2) is 0 Å². The first-order valence-corrected chi connectivity index (χ1v) is 8.60. The van der Waals surface area contributed by atoms with Crippen LogP contribution in [0, 0.1) is 5.92 Å². The third kappa shape index (κ3) is 3.44. The number of nitrogens with zero attached hydrogens (tertiary/aromatic N) is 2. The van der Waals surface area contributed by atoms with Crippen LogP contribution in [0.25, 0.3) is 0 Å². The quantitative estimate of drug-likeness (QED) is 0.941. The van der Waals surface area contributed by atoms with Crippen LogP contribution < -0.4 is 15.5 Å². The fraction of sp³-hybridized carbons (Fsp3) is 0.350. The summed E-state index contributed by atoms with van der Waals surface area (Å²) >= 11 is 0. The maximum absolute atomic E-state index is 12.7. The Morgan fingerprint density at radius 3 is 2.42 bits per heavy atom. The second-order valence-electron chi connectivity index (χ2n) is 6.38. The van der Waals surface area contributed by atoms with Gasteiger partial charge in [0.1, 0.15) is 0 Å². The van der Waals surface area contributed by atoms with Crippen LogP contribution in [0.1, 0.15) is 18.9 Å². The lowest BCUT2D eigenvalue weighted by Gasteiger charge is -2.28. The van der Waals surface area contributed by atoms with Crippen LogP contribution in [0.3, 0.4) is 0 Å². The van der Waals surface area contributed by atoms with Gasteiger partial charge in [0.15, 0.2) is 0 Å². The van der Waals surface area contributed by atoms with Gasteiger partial charge >= 0.3 is 0 Å². The van der Waals surface area contributed by atoms with E-state index in [1.807, 2.05) is 36.1 Å². The molecule has 4 nitrogen and oxygen atoms in total. The summed E-state index contributed by atoms with van der Waals surface area (Å²) in [5.74, 6) is -0.0368. The third-order valence-corrected chi connectivity index (χ3v) is 4.58. The summed E-state index contributed by atoms with van der Waals surface area (Å²) in [5.41, 5.74) is 9.11. The molecule has 1 aliphatic rings. The average Bonchev–Trinajstić information content (AvgIpc) is 2.81. The minimum atomic E-state index is -0.154. The normalized spacial score (nSPS) is 15.6. The molecular formula is C20H25N3O. The number of hydrogen-bond acceptors (Lipinski definition) is 3. The molecule has 0 bridgehead atoms. The Hall–Kier alpha value is -2.33. The van der Waals surface area contributed by atoms with Crippen molar-refractivity contribution >= 4 is 17.3 Å². The van der Waals surface area contributed by atoms with E-state index >= 15 is 0 Å². The SMILES string of the molecule is CC(CN)C(=O)N1CCCN(Cc2ccccc2)c2ccccc21. The first-order valence-electron chi connectivity index (χ1n) is 8.60. The Bertz CT molecular complexity index is 686. The van der Waals surface area contributed by atoms with Crippen molar-refractivity contribution in [1.82, 2.24) is 0 Å². The van der Waals surface area contributed by atoms with Crippen LogP contribution in [0.15, 0.2) is 54.6 Å². The van der Waals surface area contributed by atoms with Crippen LogP contribution in [0.2, 0.25) is 0 Å². The number of nitrogens with two attached hydrogens (primary N) is 1. The van der Waals surface area contributed by atoms with E-state index in [0.717, 1.165) is 37.4 Å². The molecule has 1 amide bonds. The summed E-state index contributed by atoms with van der Waals surface area (Å²) in [4.78, 5) is 17.0. The predicted molar refractivity (Wildman–Crippen MR) is 99.1 cm³/mol. The van der Waals surface area contributed by atoms with Gasteiger partial charge in [-0.2, -0.15) is 0 Å². The van der Waals surface area contributed by atoms with E-state index in [1.165, 1.54) is 5.56 Å². The molecule has 0 saturated carbocycles. The molecule has 1 aliphatic heterocycles. The van der Waals surface area contributed by atoms with E-state index < -0.39 is 0 Å². The summed E-state index contributed by atoms with van der Waals surface area (Å²) < 4.78 is 0. The minimum absolute atomic E-state index is 0.117. The molecule has 1 unspecified atom stereocenters. The highest BCUT2D eigenvalue weighted by atomic mass is 16.2. The number of benzene rings is 2. The summed E-state index contributed by atoms with van der Waals surface area (Å²) in [5, 5.41) is 0. The van der Waals surface area contributed by atoms with Gasteiger partial charge in [-0.05, 0) is 24.1 Å². The monoisotopic (exact) mass is 323 g/mol. The first-order chi connectivity index (χ1) is 11.7. The molecule has 0 spiro atoms. The van der Waals surface area contributed by atoms with Crippen molar-refractivity contribution in [3.8, 4) is 0 Å². The van der Waals surface area contributed by atoms with E-state index in [2.05, 4.69) is 35.2 Å². The van der Waals surface area contributed by atoms with Crippen molar-refractivity contribution in [2.75, 3.05) is 29.4 Å². The van der Waals surface area contributed by atoms with E-state index in [9.17, 15) is 4.79 Å². The van der Waals surface area contributed by atoms with Crippen molar-refractivity contribution in [1.29, 1.82) is 0 Å². The molecule has 126 valence electrons. The second kappa shape index (κ2) is 7.49. The van der Waals surface area contributed by atoms with Crippen LogP contribution in [0.4, 0.5) is 11.4 Å². The summed E-state index contributed by atoms with van der Waals surface area (Å²) in [6.07, 6.45) is 0.949. The molecule has 24 heavy (non-hydrogen) atoms. The maximum Gasteiger partial charge on any atom is 0.231 e. The van der Waals surface area contributed by atoms with Crippen molar-refractivity contribution in [2.24, 2.45) is 11.7 Å². The topological polar surface area (TPSA) is 49.6 Å². The van der Waals surface area contributed by atoms with Crippen LogP contribution >= 0.6 is 0 Å². The van der Waals surface area contributed by atoms with Crippen LogP contribution in [-0.2, 0) is 11.3 Å². The zero-order valence-electron chi connectivity index (χ0n) is 14.2. The molecule has 1 heterocycles. The largest absolute Gasteiger partial charge is 0.365 e. The van der Waals surface area contributed by atoms with Gasteiger partial charge in [-0.15, -0.1) is 0 Å². The zero-order valence-corrected chi connectivity index (χ0v) is 14.2. The molecule has 2 aromatic carbocycles. The van der Waals surface area contributed by atoms with Gasteiger partial charge in [0.25, 0.3) is 0 Å². The Labute approximate surface area is 143 Å². The molecule has 0 radical (unpaired) electrons. The van der Waals surface area contributed by atoms with E-state index in [1.54, 1.807) is 0 Å². The maximum atomic E-state index is 12.7. The molecule has 0 aromatic heterocycles. The Morgan fingerprint density at radius 2 is 1.71 bits per heavy atom. The number of amides is 1. The van der Waals surface area contributed by atoms with Gasteiger partial charge in [0, 0.05) is 32.1 Å². The third-order valence-electron chi connectivity index (χ3n) is 4.58. The lowest BCUT2D eigenvalue weighted by Crippen LogP contribution is -2.38. The molecule has 0 fully saturated rings. The van der Waals surface area contributed by atoms with Crippen molar-refractivity contribution in [2.45, 2.75) is 19.9 Å². The van der Waals surface area contributed by atoms with Crippen molar-refractivity contribution in [3.05, 3.63) is 60.2 Å². The molecule has 2 N–H and O–H groups in total. The van der Waals surface area contributed by atoms with Gasteiger partial charge in [0.05, 0.1) is 11.4 Å². The highest BCUT2D eigenvalue weighted by Crippen LogP contribution is 2.33. The number of anilines is 2. The van der Waals surface area contributed by atoms with Crippen molar-refractivity contribution < 1.29 is 4.79 Å². The zero-order chi connectivity index (χ0) is 16.9. The molecule has 1 atom stereocenters. The minimum Gasteiger partial charge on any atom is -0.365 e. The number of para-hydroxylation sites is 2. The standard InChI is InChI=1S/C20H25N3O/c1-16(14-21)20(24)23-13-7-12-22(15-17-8-3-2-4-9-17)18-10-5-6-11-19(18)23/h2-6,8-11,16H,7,12-15,21H2,1H3. The van der Waals surface area contributed by atoms with E-state index in [-0.39, 0.29) is 11.8 Å². The smallest absolute Gasteiger partial charge is 0.231 e. The van der Waals surface area contributed by atoms with Gasteiger partial charge in [-0.1, -0.05) is 49.4 Å². The predicted octanol–water partition coefficient (Wildman–Crippen LogP) is 3.02.